The molecule has 0 aliphatic heterocycles. The van der Waals surface area contributed by atoms with E-state index in [-0.39, 0.29) is 0 Å². The topological polar surface area (TPSA) is 0 Å². The molecule has 0 nitrogen and oxygen atoms in total. The molecule has 0 heterocycles. The Morgan fingerprint density at radius 2 is 1.71 bits per heavy atom. The fourth-order valence-electron chi connectivity index (χ4n) is 4.15. The van der Waals surface area contributed by atoms with E-state index in [4.69, 9.17) is 0 Å². The zero-order valence-corrected chi connectivity index (χ0v) is 11.7. The second kappa shape index (κ2) is 6.61. The predicted molar refractivity (Wildman–Crippen MR) is 76.0 cm³/mol. The maximum Gasteiger partial charge on any atom is -0.0236 e. The van der Waals surface area contributed by atoms with Crippen molar-refractivity contribution in [1.29, 1.82) is 0 Å². The minimum Gasteiger partial charge on any atom is -0.103 e. The van der Waals surface area contributed by atoms with Gasteiger partial charge in [-0.2, -0.15) is 0 Å². The Labute approximate surface area is 108 Å². The molecule has 0 bridgehead atoms. The van der Waals surface area contributed by atoms with E-state index in [1.807, 2.05) is 0 Å². The van der Waals surface area contributed by atoms with Gasteiger partial charge in [-0.25, -0.2) is 0 Å². The molecule has 0 aromatic heterocycles. The second-order valence-corrected chi connectivity index (χ2v) is 6.49. The fraction of sp³-hybridized carbons (Fsp3) is 0.882. The Hall–Kier alpha value is -0.260. The molecule has 98 valence electrons. The smallest absolute Gasteiger partial charge is 0.0236 e. The summed E-state index contributed by atoms with van der Waals surface area (Å²) in [4.78, 5) is 0. The van der Waals surface area contributed by atoms with E-state index in [1.165, 1.54) is 57.8 Å². The van der Waals surface area contributed by atoms with Crippen molar-refractivity contribution < 1.29 is 0 Å². The number of allylic oxidation sites excluding steroid dienone is 1. The van der Waals surface area contributed by atoms with Crippen LogP contribution in [0.3, 0.4) is 0 Å². The quantitative estimate of drug-likeness (QED) is 0.544. The molecule has 0 aromatic rings. The standard InChI is InChI=1S/C17H30/c1-3-5-6-15-9-12-17(13-15)16-10-7-14(4-2)8-11-16/h4,14-17H,2-3,5-13H2,1H3. The zero-order chi connectivity index (χ0) is 12.1. The highest BCUT2D eigenvalue weighted by atomic mass is 14.4. The van der Waals surface area contributed by atoms with Crippen molar-refractivity contribution >= 4 is 0 Å². The minimum atomic E-state index is 0.837. The molecule has 0 N–H and O–H groups in total. The van der Waals surface area contributed by atoms with E-state index in [2.05, 4.69) is 19.6 Å². The lowest BCUT2D eigenvalue weighted by Crippen LogP contribution is -2.19. The number of rotatable bonds is 5. The Morgan fingerprint density at radius 3 is 2.35 bits per heavy atom. The normalized spacial score (nSPS) is 38.2. The van der Waals surface area contributed by atoms with Gasteiger partial charge in [-0.1, -0.05) is 38.7 Å². The lowest BCUT2D eigenvalue weighted by Gasteiger charge is -2.31. The number of hydrogen-bond donors (Lipinski definition) is 0. The largest absolute Gasteiger partial charge is 0.103 e. The maximum atomic E-state index is 3.95. The molecule has 17 heavy (non-hydrogen) atoms. The molecule has 2 aliphatic carbocycles. The average Bonchev–Trinajstić information content (AvgIpc) is 2.85. The minimum absolute atomic E-state index is 0.837. The van der Waals surface area contributed by atoms with Crippen molar-refractivity contribution in [2.24, 2.45) is 23.7 Å². The lowest BCUT2D eigenvalue weighted by molar-refractivity contribution is 0.220. The molecular formula is C17H30. The molecule has 0 saturated heterocycles. The van der Waals surface area contributed by atoms with Crippen LogP contribution in [0.2, 0.25) is 0 Å². The Morgan fingerprint density at radius 1 is 1.00 bits per heavy atom. The van der Waals surface area contributed by atoms with Gasteiger partial charge in [0.25, 0.3) is 0 Å². The van der Waals surface area contributed by atoms with Crippen molar-refractivity contribution in [3.05, 3.63) is 12.7 Å². The van der Waals surface area contributed by atoms with Gasteiger partial charge in [0.2, 0.25) is 0 Å². The molecule has 2 aliphatic rings. The van der Waals surface area contributed by atoms with Crippen LogP contribution in [0.25, 0.3) is 0 Å². The first kappa shape index (κ1) is 13.2. The summed E-state index contributed by atoms with van der Waals surface area (Å²) in [6.45, 7) is 6.28. The summed E-state index contributed by atoms with van der Waals surface area (Å²) in [5.41, 5.74) is 0. The molecule has 0 radical (unpaired) electrons. The van der Waals surface area contributed by atoms with Gasteiger partial charge < -0.3 is 0 Å². The molecule has 2 rings (SSSR count). The monoisotopic (exact) mass is 234 g/mol. The van der Waals surface area contributed by atoms with E-state index in [9.17, 15) is 0 Å². The lowest BCUT2D eigenvalue weighted by atomic mass is 9.75. The molecule has 2 atom stereocenters. The Balaban J connectivity index is 1.71. The van der Waals surface area contributed by atoms with Gasteiger partial charge in [0, 0.05) is 0 Å². The molecule has 2 saturated carbocycles. The molecule has 2 unspecified atom stereocenters. The summed E-state index contributed by atoms with van der Waals surface area (Å²) in [5.74, 6) is 4.07. The van der Waals surface area contributed by atoms with E-state index in [1.54, 1.807) is 6.42 Å². The molecular weight excluding hydrogens is 204 g/mol. The van der Waals surface area contributed by atoms with Crippen molar-refractivity contribution in [3.63, 3.8) is 0 Å². The fourth-order valence-corrected chi connectivity index (χ4v) is 4.15. The van der Waals surface area contributed by atoms with Crippen LogP contribution in [0.4, 0.5) is 0 Å². The summed E-state index contributed by atoms with van der Waals surface area (Å²) >= 11 is 0. The van der Waals surface area contributed by atoms with E-state index < -0.39 is 0 Å². The van der Waals surface area contributed by atoms with Crippen molar-refractivity contribution in [1.82, 2.24) is 0 Å². The third-order valence-electron chi connectivity index (χ3n) is 5.36. The third-order valence-corrected chi connectivity index (χ3v) is 5.36. The Kier molecular flexibility index (Phi) is 5.13. The first-order chi connectivity index (χ1) is 8.33. The summed E-state index contributed by atoms with van der Waals surface area (Å²) in [6.07, 6.45) is 17.0. The van der Waals surface area contributed by atoms with Crippen LogP contribution in [0, 0.1) is 23.7 Å². The van der Waals surface area contributed by atoms with Crippen molar-refractivity contribution in [2.45, 2.75) is 71.1 Å². The van der Waals surface area contributed by atoms with Crippen LogP contribution in [-0.2, 0) is 0 Å². The van der Waals surface area contributed by atoms with Gasteiger partial charge in [-0.05, 0) is 62.2 Å². The van der Waals surface area contributed by atoms with Crippen LogP contribution >= 0.6 is 0 Å². The maximum absolute atomic E-state index is 3.95. The molecule has 0 amide bonds. The average molecular weight is 234 g/mol. The van der Waals surface area contributed by atoms with Crippen molar-refractivity contribution in [2.75, 3.05) is 0 Å². The van der Waals surface area contributed by atoms with Crippen molar-refractivity contribution in [3.8, 4) is 0 Å². The third kappa shape index (κ3) is 3.60. The van der Waals surface area contributed by atoms with Crippen LogP contribution in [0.1, 0.15) is 71.1 Å². The SMILES string of the molecule is C=CC1CCC(C2CCC(CCCC)C2)CC1. The van der Waals surface area contributed by atoms with Gasteiger partial charge in [0.1, 0.15) is 0 Å². The van der Waals surface area contributed by atoms with E-state index >= 15 is 0 Å². The summed E-state index contributed by atoms with van der Waals surface area (Å²) in [7, 11) is 0. The number of unbranched alkanes of at least 4 members (excludes halogenated alkanes) is 1. The molecule has 2 fully saturated rings. The van der Waals surface area contributed by atoms with Gasteiger partial charge >= 0.3 is 0 Å². The van der Waals surface area contributed by atoms with Crippen LogP contribution in [0.15, 0.2) is 12.7 Å². The Bertz CT molecular complexity index is 222. The number of hydrogen-bond acceptors (Lipinski definition) is 0. The molecule has 0 aromatic carbocycles. The summed E-state index contributed by atoms with van der Waals surface area (Å²) in [5, 5.41) is 0. The zero-order valence-electron chi connectivity index (χ0n) is 11.7. The highest BCUT2D eigenvalue weighted by Crippen LogP contribution is 2.44. The van der Waals surface area contributed by atoms with Gasteiger partial charge in [0.05, 0.1) is 0 Å². The molecule has 0 heteroatoms. The highest BCUT2D eigenvalue weighted by molar-refractivity contribution is 4.88. The van der Waals surface area contributed by atoms with E-state index in [0.29, 0.717) is 0 Å². The van der Waals surface area contributed by atoms with E-state index in [0.717, 1.165) is 23.7 Å². The molecule has 0 spiro atoms. The summed E-state index contributed by atoms with van der Waals surface area (Å²) < 4.78 is 0. The van der Waals surface area contributed by atoms with Crippen LogP contribution in [-0.4, -0.2) is 0 Å². The predicted octanol–water partition coefficient (Wildman–Crippen LogP) is 5.59. The van der Waals surface area contributed by atoms with Crippen LogP contribution < -0.4 is 0 Å². The summed E-state index contributed by atoms with van der Waals surface area (Å²) in [6, 6.07) is 0. The van der Waals surface area contributed by atoms with Crippen LogP contribution in [0.5, 0.6) is 0 Å². The second-order valence-electron chi connectivity index (χ2n) is 6.49. The van der Waals surface area contributed by atoms with Gasteiger partial charge in [-0.3, -0.25) is 0 Å². The first-order valence-corrected chi connectivity index (χ1v) is 7.96. The van der Waals surface area contributed by atoms with Gasteiger partial charge in [0.15, 0.2) is 0 Å². The highest BCUT2D eigenvalue weighted by Gasteiger charge is 2.32. The first-order valence-electron chi connectivity index (χ1n) is 7.96. The van der Waals surface area contributed by atoms with Gasteiger partial charge in [-0.15, -0.1) is 6.58 Å².